The van der Waals surface area contributed by atoms with Crippen LogP contribution in [0.4, 0.5) is 4.79 Å². The summed E-state index contributed by atoms with van der Waals surface area (Å²) in [6.07, 6.45) is -0.451. The minimum atomic E-state index is -0.518. The highest BCUT2D eigenvalue weighted by molar-refractivity contribution is 6.25. The number of amides is 1. The van der Waals surface area contributed by atoms with Gasteiger partial charge in [0.2, 0.25) is 0 Å². The lowest BCUT2D eigenvalue weighted by molar-refractivity contribution is 0.0532. The minimum absolute atomic E-state index is 0.0816. The average Bonchev–Trinajstić information content (AvgIpc) is 2.47. The quantitative estimate of drug-likeness (QED) is 0.807. The normalized spacial score (nSPS) is 13.4. The molecule has 0 fully saturated rings. The number of alkyl carbamates (subject to hydrolysis) is 1. The van der Waals surface area contributed by atoms with Gasteiger partial charge >= 0.3 is 6.09 Å². The largest absolute Gasteiger partial charge is 0.494 e. The van der Waals surface area contributed by atoms with E-state index in [0.29, 0.717) is 13.2 Å². The smallest absolute Gasteiger partial charge is 0.407 e. The van der Waals surface area contributed by atoms with Crippen LogP contribution in [-0.2, 0) is 4.74 Å². The Balaban J connectivity index is 2.65. The van der Waals surface area contributed by atoms with Crippen molar-refractivity contribution in [1.29, 1.82) is 0 Å². The third kappa shape index (κ3) is 6.95. The van der Waals surface area contributed by atoms with Crippen LogP contribution in [0.3, 0.4) is 0 Å². The van der Waals surface area contributed by atoms with Gasteiger partial charge in [0.15, 0.2) is 0 Å². The van der Waals surface area contributed by atoms with E-state index < -0.39 is 11.7 Å². The molecule has 1 atom stereocenters. The number of hydrogen-bond acceptors (Lipinski definition) is 3. The third-order valence-corrected chi connectivity index (χ3v) is 3.50. The van der Waals surface area contributed by atoms with Crippen molar-refractivity contribution < 1.29 is 14.3 Å². The Labute approximate surface area is 143 Å². The molecule has 0 bridgehead atoms. The molecule has 1 aromatic rings. The molecule has 1 amide bonds. The molecule has 23 heavy (non-hydrogen) atoms. The fraction of sp³-hybridized carbons (Fsp3) is 0.500. The van der Waals surface area contributed by atoms with E-state index in [0.717, 1.165) is 16.9 Å². The summed E-state index contributed by atoms with van der Waals surface area (Å²) in [6.45, 7) is 10.5. The Morgan fingerprint density at radius 3 is 2.39 bits per heavy atom. The Morgan fingerprint density at radius 1 is 1.30 bits per heavy atom. The van der Waals surface area contributed by atoms with E-state index in [-0.39, 0.29) is 5.92 Å². The van der Waals surface area contributed by atoms with E-state index in [9.17, 15) is 4.79 Å². The first kappa shape index (κ1) is 19.4. The van der Waals surface area contributed by atoms with Crippen LogP contribution in [0.5, 0.6) is 5.75 Å². The number of nitrogens with one attached hydrogen (secondary N) is 1. The maximum Gasteiger partial charge on any atom is 0.407 e. The number of ether oxygens (including phenoxy) is 2. The highest BCUT2D eigenvalue weighted by atomic mass is 35.5. The van der Waals surface area contributed by atoms with Crippen molar-refractivity contribution in [2.24, 2.45) is 0 Å². The van der Waals surface area contributed by atoms with E-state index in [1.54, 1.807) is 0 Å². The molecule has 0 aliphatic carbocycles. The van der Waals surface area contributed by atoms with Gasteiger partial charge in [0.05, 0.1) is 6.61 Å². The van der Waals surface area contributed by atoms with E-state index >= 15 is 0 Å². The second-order valence-corrected chi connectivity index (χ2v) is 6.48. The summed E-state index contributed by atoms with van der Waals surface area (Å²) in [6, 6.07) is 7.87. The molecule has 0 aliphatic heterocycles. The molecular formula is C18H26ClNO3. The topological polar surface area (TPSA) is 47.6 Å². The highest BCUT2D eigenvalue weighted by Crippen LogP contribution is 2.26. The predicted molar refractivity (Wildman–Crippen MR) is 94.2 cm³/mol. The molecule has 0 saturated carbocycles. The molecule has 0 spiro atoms. The van der Waals surface area contributed by atoms with Crippen LogP contribution in [0.15, 0.2) is 35.4 Å². The lowest BCUT2D eigenvalue weighted by Gasteiger charge is -2.21. The van der Waals surface area contributed by atoms with Crippen molar-refractivity contribution in [2.45, 2.75) is 46.1 Å². The fourth-order valence-corrected chi connectivity index (χ4v) is 2.27. The van der Waals surface area contributed by atoms with Crippen LogP contribution >= 0.6 is 11.6 Å². The van der Waals surface area contributed by atoms with E-state index in [1.807, 2.05) is 58.9 Å². The van der Waals surface area contributed by atoms with Crippen LogP contribution in [0, 0.1) is 0 Å². The maximum absolute atomic E-state index is 11.7. The molecule has 1 aromatic carbocycles. The number of hydrogen-bond donors (Lipinski definition) is 1. The number of benzene rings is 1. The molecule has 0 aromatic heterocycles. The zero-order chi connectivity index (χ0) is 17.5. The SMILES string of the molecule is CCOc1ccc(C(C)/C(=C/Cl)CNC(=O)OC(C)(C)C)cc1. The number of carbonyl (C=O) groups is 1. The first-order valence-corrected chi connectivity index (χ1v) is 8.19. The van der Waals surface area contributed by atoms with Crippen LogP contribution in [0.2, 0.25) is 0 Å². The highest BCUT2D eigenvalue weighted by Gasteiger charge is 2.17. The molecular weight excluding hydrogens is 314 g/mol. The van der Waals surface area contributed by atoms with E-state index in [2.05, 4.69) is 5.32 Å². The van der Waals surface area contributed by atoms with Crippen molar-refractivity contribution in [3.63, 3.8) is 0 Å². The van der Waals surface area contributed by atoms with Crippen LogP contribution in [0.25, 0.3) is 0 Å². The Kier molecular flexibility index (Phi) is 7.43. The summed E-state index contributed by atoms with van der Waals surface area (Å²) in [7, 11) is 0. The van der Waals surface area contributed by atoms with Crippen LogP contribution in [-0.4, -0.2) is 24.8 Å². The molecule has 0 heterocycles. The second kappa shape index (κ2) is 8.82. The number of halogens is 1. The van der Waals surface area contributed by atoms with Crippen molar-refractivity contribution in [3.05, 3.63) is 40.9 Å². The summed E-state index contributed by atoms with van der Waals surface area (Å²) >= 11 is 5.93. The van der Waals surface area contributed by atoms with Gasteiger partial charge in [-0.05, 0) is 51.0 Å². The summed E-state index contributed by atoms with van der Waals surface area (Å²) in [5.74, 6) is 0.921. The summed E-state index contributed by atoms with van der Waals surface area (Å²) in [5, 5.41) is 2.73. The van der Waals surface area contributed by atoms with Gasteiger partial charge in [-0.15, -0.1) is 0 Å². The molecule has 0 radical (unpaired) electrons. The monoisotopic (exact) mass is 339 g/mol. The number of rotatable bonds is 6. The Hall–Kier alpha value is -1.68. The van der Waals surface area contributed by atoms with Gasteiger partial charge < -0.3 is 14.8 Å². The first-order valence-electron chi connectivity index (χ1n) is 7.75. The minimum Gasteiger partial charge on any atom is -0.494 e. The van der Waals surface area contributed by atoms with Gasteiger partial charge in [0.1, 0.15) is 11.4 Å². The Bertz CT molecular complexity index is 532. The van der Waals surface area contributed by atoms with Gasteiger partial charge in [-0.25, -0.2) is 4.79 Å². The maximum atomic E-state index is 11.7. The molecule has 1 unspecified atom stereocenters. The molecule has 4 nitrogen and oxygen atoms in total. The summed E-state index contributed by atoms with van der Waals surface area (Å²) in [4.78, 5) is 11.7. The van der Waals surface area contributed by atoms with Crippen molar-refractivity contribution in [1.82, 2.24) is 5.32 Å². The van der Waals surface area contributed by atoms with Gasteiger partial charge in [0.25, 0.3) is 0 Å². The van der Waals surface area contributed by atoms with Crippen LogP contribution < -0.4 is 10.1 Å². The van der Waals surface area contributed by atoms with Crippen LogP contribution in [0.1, 0.15) is 46.1 Å². The summed E-state index contributed by atoms with van der Waals surface area (Å²) in [5.41, 5.74) is 3.00. The third-order valence-electron chi connectivity index (χ3n) is 3.22. The van der Waals surface area contributed by atoms with Gasteiger partial charge in [-0.1, -0.05) is 30.7 Å². The molecule has 1 N–H and O–H groups in total. The predicted octanol–water partition coefficient (Wildman–Crippen LogP) is 4.84. The lowest BCUT2D eigenvalue weighted by Crippen LogP contribution is -2.34. The Morgan fingerprint density at radius 2 is 1.91 bits per heavy atom. The van der Waals surface area contributed by atoms with Gasteiger partial charge in [-0.3, -0.25) is 0 Å². The standard InChI is InChI=1S/C18H26ClNO3/c1-6-22-16-9-7-14(8-10-16)13(2)15(11-19)12-20-17(21)23-18(3,4)5/h7-11,13H,6,12H2,1-5H3,(H,20,21)/b15-11+. The lowest BCUT2D eigenvalue weighted by atomic mass is 9.94. The number of carbonyl (C=O) groups excluding carboxylic acids is 1. The zero-order valence-corrected chi connectivity index (χ0v) is 15.2. The molecule has 0 aliphatic rings. The van der Waals surface area contributed by atoms with Gasteiger partial charge in [0, 0.05) is 18.0 Å². The molecule has 128 valence electrons. The average molecular weight is 340 g/mol. The fourth-order valence-electron chi connectivity index (χ4n) is 2.01. The van der Waals surface area contributed by atoms with Crippen molar-refractivity contribution in [2.75, 3.05) is 13.2 Å². The second-order valence-electron chi connectivity index (χ2n) is 6.26. The van der Waals surface area contributed by atoms with Crippen molar-refractivity contribution in [3.8, 4) is 5.75 Å². The van der Waals surface area contributed by atoms with Crippen molar-refractivity contribution >= 4 is 17.7 Å². The van der Waals surface area contributed by atoms with E-state index in [4.69, 9.17) is 21.1 Å². The molecule has 1 rings (SSSR count). The molecule has 0 saturated heterocycles. The van der Waals surface area contributed by atoms with Gasteiger partial charge in [-0.2, -0.15) is 0 Å². The summed E-state index contributed by atoms with van der Waals surface area (Å²) < 4.78 is 10.7. The zero-order valence-electron chi connectivity index (χ0n) is 14.5. The molecule has 5 heteroatoms. The van der Waals surface area contributed by atoms with E-state index in [1.165, 1.54) is 5.54 Å². The first-order chi connectivity index (χ1) is 10.8.